The third kappa shape index (κ3) is 6.20. The number of rotatable bonds is 6. The third-order valence-corrected chi connectivity index (χ3v) is 4.73. The fraction of sp³-hybridized carbons (Fsp3) is 0.611. The summed E-state index contributed by atoms with van der Waals surface area (Å²) in [6, 6.07) is 8.25. The zero-order valence-corrected chi connectivity index (χ0v) is 16.7. The first kappa shape index (κ1) is 22.8. The van der Waals surface area contributed by atoms with Gasteiger partial charge in [0.25, 0.3) is 0 Å². The summed E-state index contributed by atoms with van der Waals surface area (Å²) in [7, 11) is 1.70. The van der Waals surface area contributed by atoms with Crippen LogP contribution in [0.4, 0.5) is 5.69 Å². The molecule has 0 spiro atoms. The molecule has 8 heteroatoms. The van der Waals surface area contributed by atoms with Crippen molar-refractivity contribution < 1.29 is 14.3 Å². The number of carbonyl (C=O) groups excluding carboxylic acids is 1. The zero-order chi connectivity index (χ0) is 16.8. The molecule has 1 aromatic rings. The monoisotopic (exact) mass is 405 g/mol. The Morgan fingerprint density at radius 2 is 2.19 bits per heavy atom. The second-order valence-corrected chi connectivity index (χ2v) is 6.51. The molecule has 2 aliphatic rings. The number of nitrogens with zero attached hydrogens (tertiary/aromatic N) is 1. The quantitative estimate of drug-likeness (QED) is 0.755. The SMILES string of the molecule is COc1ccccc1N1CCC(CNC(=O)CC2COCCN2)C1.Cl.Cl. The van der Waals surface area contributed by atoms with Crippen LogP contribution in [0.15, 0.2) is 24.3 Å². The first-order chi connectivity index (χ1) is 11.8. The highest BCUT2D eigenvalue weighted by atomic mass is 35.5. The van der Waals surface area contributed by atoms with Crippen LogP contribution in [0.3, 0.4) is 0 Å². The van der Waals surface area contributed by atoms with E-state index in [4.69, 9.17) is 9.47 Å². The van der Waals surface area contributed by atoms with Gasteiger partial charge in [-0.1, -0.05) is 12.1 Å². The molecule has 2 saturated heterocycles. The number of para-hydroxylation sites is 2. The van der Waals surface area contributed by atoms with Gasteiger partial charge in [0.1, 0.15) is 5.75 Å². The second-order valence-electron chi connectivity index (χ2n) is 6.51. The van der Waals surface area contributed by atoms with Crippen LogP contribution in [0.2, 0.25) is 0 Å². The van der Waals surface area contributed by atoms with E-state index in [1.54, 1.807) is 7.11 Å². The minimum absolute atomic E-state index is 0. The molecule has 2 aliphatic heterocycles. The first-order valence-electron chi connectivity index (χ1n) is 8.72. The summed E-state index contributed by atoms with van der Waals surface area (Å²) < 4.78 is 10.8. The van der Waals surface area contributed by atoms with Crippen LogP contribution in [-0.2, 0) is 9.53 Å². The van der Waals surface area contributed by atoms with Gasteiger partial charge >= 0.3 is 0 Å². The van der Waals surface area contributed by atoms with E-state index in [9.17, 15) is 4.79 Å². The molecule has 1 amide bonds. The standard InChI is InChI=1S/C18H27N3O3.2ClH/c1-23-17-5-3-2-4-16(17)21-8-6-14(12-21)11-20-18(22)10-15-13-24-9-7-19-15;;/h2-5,14-15,19H,6-13H2,1H3,(H,20,22);2*1H. The molecule has 0 aliphatic carbocycles. The Hall–Kier alpha value is -1.21. The molecule has 6 nitrogen and oxygen atoms in total. The number of halogens is 2. The lowest BCUT2D eigenvalue weighted by atomic mass is 10.1. The van der Waals surface area contributed by atoms with Crippen LogP contribution in [0, 0.1) is 5.92 Å². The fourth-order valence-electron chi connectivity index (χ4n) is 3.41. The molecule has 3 rings (SSSR count). The molecule has 0 aromatic heterocycles. The highest BCUT2D eigenvalue weighted by Crippen LogP contribution is 2.31. The van der Waals surface area contributed by atoms with Gasteiger partial charge in [0.15, 0.2) is 0 Å². The number of nitrogens with one attached hydrogen (secondary N) is 2. The van der Waals surface area contributed by atoms with Crippen molar-refractivity contribution in [3.8, 4) is 5.75 Å². The van der Waals surface area contributed by atoms with Crippen molar-refractivity contribution in [3.05, 3.63) is 24.3 Å². The average molecular weight is 406 g/mol. The smallest absolute Gasteiger partial charge is 0.221 e. The number of morpholine rings is 1. The predicted molar refractivity (Wildman–Crippen MR) is 108 cm³/mol. The summed E-state index contributed by atoms with van der Waals surface area (Å²) >= 11 is 0. The topological polar surface area (TPSA) is 62.8 Å². The third-order valence-electron chi connectivity index (χ3n) is 4.73. The minimum Gasteiger partial charge on any atom is -0.495 e. The van der Waals surface area contributed by atoms with Gasteiger partial charge in [-0.3, -0.25) is 4.79 Å². The Bertz CT molecular complexity index is 556. The van der Waals surface area contributed by atoms with Gasteiger partial charge in [0.2, 0.25) is 5.91 Å². The number of ether oxygens (including phenoxy) is 2. The normalized spacial score (nSPS) is 22.1. The Morgan fingerprint density at radius 1 is 1.38 bits per heavy atom. The number of amides is 1. The van der Waals surface area contributed by atoms with Crippen molar-refractivity contribution in [3.63, 3.8) is 0 Å². The van der Waals surface area contributed by atoms with Crippen LogP contribution in [-0.4, -0.2) is 58.5 Å². The maximum atomic E-state index is 12.1. The molecular formula is C18H29Cl2N3O3. The summed E-state index contributed by atoms with van der Waals surface area (Å²) in [5.41, 5.74) is 1.14. The summed E-state index contributed by atoms with van der Waals surface area (Å²) in [5.74, 6) is 1.49. The molecule has 2 unspecified atom stereocenters. The van der Waals surface area contributed by atoms with E-state index in [1.807, 2.05) is 18.2 Å². The zero-order valence-electron chi connectivity index (χ0n) is 15.1. The van der Waals surface area contributed by atoms with E-state index < -0.39 is 0 Å². The van der Waals surface area contributed by atoms with Crippen molar-refractivity contribution in [2.45, 2.75) is 18.9 Å². The van der Waals surface area contributed by atoms with E-state index >= 15 is 0 Å². The fourth-order valence-corrected chi connectivity index (χ4v) is 3.41. The first-order valence-corrected chi connectivity index (χ1v) is 8.72. The molecule has 1 aromatic carbocycles. The van der Waals surface area contributed by atoms with Crippen LogP contribution in [0.1, 0.15) is 12.8 Å². The van der Waals surface area contributed by atoms with Crippen LogP contribution in [0.5, 0.6) is 5.75 Å². The maximum Gasteiger partial charge on any atom is 0.221 e. The van der Waals surface area contributed by atoms with Gasteiger partial charge in [-0.05, 0) is 24.5 Å². The average Bonchev–Trinajstić information content (AvgIpc) is 3.09. The largest absolute Gasteiger partial charge is 0.495 e. The lowest BCUT2D eigenvalue weighted by molar-refractivity contribution is -0.122. The molecule has 2 heterocycles. The summed E-state index contributed by atoms with van der Waals surface area (Å²) in [5, 5.41) is 6.39. The molecule has 0 saturated carbocycles. The molecule has 2 atom stereocenters. The van der Waals surface area contributed by atoms with E-state index in [0.717, 1.165) is 50.6 Å². The number of carbonyl (C=O) groups is 1. The second kappa shape index (κ2) is 11.5. The van der Waals surface area contributed by atoms with Gasteiger partial charge in [0, 0.05) is 38.6 Å². The number of anilines is 1. The Balaban J connectivity index is 0.00000169. The molecule has 148 valence electrons. The number of benzene rings is 1. The minimum atomic E-state index is 0. The van der Waals surface area contributed by atoms with Crippen molar-refractivity contribution in [2.24, 2.45) is 5.92 Å². The van der Waals surface area contributed by atoms with E-state index in [2.05, 4.69) is 21.6 Å². The lowest BCUT2D eigenvalue weighted by Gasteiger charge is -2.23. The van der Waals surface area contributed by atoms with Crippen molar-refractivity contribution in [2.75, 3.05) is 51.4 Å². The summed E-state index contributed by atoms with van der Waals surface area (Å²) in [6.45, 7) is 4.87. The van der Waals surface area contributed by atoms with Gasteiger partial charge < -0.3 is 25.0 Å². The highest BCUT2D eigenvalue weighted by Gasteiger charge is 2.25. The van der Waals surface area contributed by atoms with Crippen LogP contribution < -0.4 is 20.3 Å². The molecule has 2 fully saturated rings. The Kier molecular flexibility index (Phi) is 10.1. The number of hydrogen-bond acceptors (Lipinski definition) is 5. The molecular weight excluding hydrogens is 377 g/mol. The highest BCUT2D eigenvalue weighted by molar-refractivity contribution is 5.85. The maximum absolute atomic E-state index is 12.1. The van der Waals surface area contributed by atoms with Gasteiger partial charge in [-0.25, -0.2) is 0 Å². The molecule has 0 bridgehead atoms. The predicted octanol–water partition coefficient (Wildman–Crippen LogP) is 1.86. The number of hydrogen-bond donors (Lipinski definition) is 2. The van der Waals surface area contributed by atoms with E-state index in [0.29, 0.717) is 18.9 Å². The van der Waals surface area contributed by atoms with E-state index in [1.165, 1.54) is 0 Å². The van der Waals surface area contributed by atoms with Crippen molar-refractivity contribution >= 4 is 36.4 Å². The van der Waals surface area contributed by atoms with Gasteiger partial charge in [-0.2, -0.15) is 0 Å². The Labute approximate surface area is 167 Å². The van der Waals surface area contributed by atoms with Crippen LogP contribution in [0.25, 0.3) is 0 Å². The van der Waals surface area contributed by atoms with Crippen molar-refractivity contribution in [1.29, 1.82) is 0 Å². The van der Waals surface area contributed by atoms with Crippen molar-refractivity contribution in [1.82, 2.24) is 10.6 Å². The molecule has 0 radical (unpaired) electrons. The summed E-state index contributed by atoms with van der Waals surface area (Å²) in [4.78, 5) is 14.4. The number of methoxy groups -OCH3 is 1. The summed E-state index contributed by atoms with van der Waals surface area (Å²) in [6.07, 6.45) is 1.58. The molecule has 2 N–H and O–H groups in total. The van der Waals surface area contributed by atoms with E-state index in [-0.39, 0.29) is 36.8 Å². The molecule has 26 heavy (non-hydrogen) atoms. The lowest BCUT2D eigenvalue weighted by Crippen LogP contribution is -2.44. The van der Waals surface area contributed by atoms with Crippen LogP contribution >= 0.6 is 24.8 Å². The Morgan fingerprint density at radius 3 is 2.92 bits per heavy atom. The van der Waals surface area contributed by atoms with Gasteiger partial charge in [-0.15, -0.1) is 24.8 Å². The van der Waals surface area contributed by atoms with Gasteiger partial charge in [0.05, 0.1) is 26.0 Å².